The van der Waals surface area contributed by atoms with E-state index in [0.717, 1.165) is 5.56 Å². The SMILES string of the molecule is COc1ccc(CN)c(OCC(C)O)c1. The minimum absolute atomic E-state index is 0.250. The minimum Gasteiger partial charge on any atom is -0.497 e. The summed E-state index contributed by atoms with van der Waals surface area (Å²) in [6, 6.07) is 5.46. The van der Waals surface area contributed by atoms with Gasteiger partial charge in [-0.25, -0.2) is 0 Å². The molecule has 4 heteroatoms. The fraction of sp³-hybridized carbons (Fsp3) is 0.455. The minimum atomic E-state index is -0.498. The van der Waals surface area contributed by atoms with E-state index < -0.39 is 6.10 Å². The third kappa shape index (κ3) is 3.42. The second kappa shape index (κ2) is 5.58. The molecule has 0 heterocycles. The van der Waals surface area contributed by atoms with Crippen molar-refractivity contribution < 1.29 is 14.6 Å². The zero-order valence-corrected chi connectivity index (χ0v) is 9.06. The molecule has 0 saturated carbocycles. The molecule has 0 fully saturated rings. The van der Waals surface area contributed by atoms with Gasteiger partial charge < -0.3 is 20.3 Å². The highest BCUT2D eigenvalue weighted by atomic mass is 16.5. The summed E-state index contributed by atoms with van der Waals surface area (Å²) in [5, 5.41) is 9.12. The molecule has 3 N–H and O–H groups in total. The molecule has 0 aliphatic heterocycles. The lowest BCUT2D eigenvalue weighted by atomic mass is 10.2. The number of aliphatic hydroxyl groups excluding tert-OH is 1. The molecule has 0 aliphatic rings. The van der Waals surface area contributed by atoms with Crippen molar-refractivity contribution in [2.45, 2.75) is 19.6 Å². The predicted molar refractivity (Wildman–Crippen MR) is 58.1 cm³/mol. The van der Waals surface area contributed by atoms with E-state index in [-0.39, 0.29) is 6.61 Å². The fourth-order valence-corrected chi connectivity index (χ4v) is 1.18. The first-order valence-electron chi connectivity index (χ1n) is 4.85. The van der Waals surface area contributed by atoms with Gasteiger partial charge in [-0.15, -0.1) is 0 Å². The molecule has 1 unspecified atom stereocenters. The molecule has 0 bridgehead atoms. The monoisotopic (exact) mass is 211 g/mol. The van der Waals surface area contributed by atoms with Crippen molar-refractivity contribution in [3.8, 4) is 11.5 Å². The molecule has 0 radical (unpaired) electrons. The van der Waals surface area contributed by atoms with Crippen LogP contribution in [0.25, 0.3) is 0 Å². The summed E-state index contributed by atoms with van der Waals surface area (Å²) in [7, 11) is 1.59. The van der Waals surface area contributed by atoms with Crippen LogP contribution in [-0.2, 0) is 6.54 Å². The van der Waals surface area contributed by atoms with E-state index in [4.69, 9.17) is 20.3 Å². The van der Waals surface area contributed by atoms with Gasteiger partial charge in [0.15, 0.2) is 0 Å². The number of rotatable bonds is 5. The van der Waals surface area contributed by atoms with Crippen LogP contribution in [0.4, 0.5) is 0 Å². The fourth-order valence-electron chi connectivity index (χ4n) is 1.18. The Bertz CT molecular complexity index is 313. The molecule has 1 rings (SSSR count). The van der Waals surface area contributed by atoms with E-state index in [0.29, 0.717) is 18.0 Å². The molecule has 0 aromatic heterocycles. The van der Waals surface area contributed by atoms with Gasteiger partial charge in [-0.05, 0) is 13.0 Å². The van der Waals surface area contributed by atoms with Gasteiger partial charge in [0.1, 0.15) is 18.1 Å². The maximum absolute atomic E-state index is 9.12. The lowest BCUT2D eigenvalue weighted by molar-refractivity contribution is 0.122. The smallest absolute Gasteiger partial charge is 0.127 e. The Morgan fingerprint density at radius 1 is 1.47 bits per heavy atom. The van der Waals surface area contributed by atoms with Gasteiger partial charge in [0, 0.05) is 18.2 Å². The van der Waals surface area contributed by atoms with Gasteiger partial charge in [-0.3, -0.25) is 0 Å². The Kier molecular flexibility index (Phi) is 4.39. The summed E-state index contributed by atoms with van der Waals surface area (Å²) in [6.07, 6.45) is -0.498. The average molecular weight is 211 g/mol. The van der Waals surface area contributed by atoms with Gasteiger partial charge in [-0.1, -0.05) is 6.07 Å². The van der Waals surface area contributed by atoms with Crippen molar-refractivity contribution in [3.05, 3.63) is 23.8 Å². The zero-order chi connectivity index (χ0) is 11.3. The van der Waals surface area contributed by atoms with Crippen LogP contribution in [0.1, 0.15) is 12.5 Å². The van der Waals surface area contributed by atoms with Crippen molar-refractivity contribution in [1.82, 2.24) is 0 Å². The Hall–Kier alpha value is -1.26. The number of methoxy groups -OCH3 is 1. The van der Waals surface area contributed by atoms with Crippen molar-refractivity contribution in [3.63, 3.8) is 0 Å². The molecule has 1 aromatic rings. The summed E-state index contributed by atoms with van der Waals surface area (Å²) in [5.74, 6) is 1.38. The lowest BCUT2D eigenvalue weighted by Crippen LogP contribution is -2.14. The number of ether oxygens (including phenoxy) is 2. The van der Waals surface area contributed by atoms with Crippen LogP contribution in [-0.4, -0.2) is 24.9 Å². The molecule has 15 heavy (non-hydrogen) atoms. The topological polar surface area (TPSA) is 64.7 Å². The van der Waals surface area contributed by atoms with E-state index in [2.05, 4.69) is 0 Å². The standard InChI is InChI=1S/C11H17NO3/c1-8(13)7-15-11-5-10(14-2)4-3-9(11)6-12/h3-5,8,13H,6-7,12H2,1-2H3. The number of nitrogens with two attached hydrogens (primary N) is 1. The van der Waals surface area contributed by atoms with Gasteiger partial charge in [0.25, 0.3) is 0 Å². The molecule has 0 amide bonds. The highest BCUT2D eigenvalue weighted by Crippen LogP contribution is 2.24. The number of aliphatic hydroxyl groups is 1. The van der Waals surface area contributed by atoms with Crippen molar-refractivity contribution >= 4 is 0 Å². The first kappa shape index (κ1) is 11.8. The Morgan fingerprint density at radius 3 is 2.73 bits per heavy atom. The maximum Gasteiger partial charge on any atom is 0.127 e. The highest BCUT2D eigenvalue weighted by molar-refractivity contribution is 5.40. The third-order valence-electron chi connectivity index (χ3n) is 1.97. The second-order valence-electron chi connectivity index (χ2n) is 3.34. The van der Waals surface area contributed by atoms with Crippen LogP contribution in [0.3, 0.4) is 0 Å². The summed E-state index contributed by atoms with van der Waals surface area (Å²) >= 11 is 0. The van der Waals surface area contributed by atoms with Gasteiger partial charge in [-0.2, -0.15) is 0 Å². The second-order valence-corrected chi connectivity index (χ2v) is 3.34. The quantitative estimate of drug-likeness (QED) is 0.760. The van der Waals surface area contributed by atoms with Gasteiger partial charge in [0.05, 0.1) is 13.2 Å². The predicted octanol–water partition coefficient (Wildman–Crippen LogP) is 0.913. The molecule has 0 saturated heterocycles. The number of hydrogen-bond donors (Lipinski definition) is 2. The Morgan fingerprint density at radius 2 is 2.20 bits per heavy atom. The Balaban J connectivity index is 2.81. The first-order valence-corrected chi connectivity index (χ1v) is 4.85. The number of hydrogen-bond acceptors (Lipinski definition) is 4. The van der Waals surface area contributed by atoms with E-state index in [1.807, 2.05) is 12.1 Å². The van der Waals surface area contributed by atoms with E-state index in [9.17, 15) is 0 Å². The summed E-state index contributed by atoms with van der Waals surface area (Å²) in [4.78, 5) is 0. The zero-order valence-electron chi connectivity index (χ0n) is 9.06. The average Bonchev–Trinajstić information content (AvgIpc) is 2.25. The molecule has 0 spiro atoms. The maximum atomic E-state index is 9.12. The molecular weight excluding hydrogens is 194 g/mol. The number of benzene rings is 1. The molecule has 84 valence electrons. The third-order valence-corrected chi connectivity index (χ3v) is 1.97. The normalized spacial score (nSPS) is 12.3. The lowest BCUT2D eigenvalue weighted by Gasteiger charge is -2.12. The van der Waals surface area contributed by atoms with E-state index in [1.165, 1.54) is 0 Å². The van der Waals surface area contributed by atoms with Crippen LogP contribution in [0, 0.1) is 0 Å². The Labute approximate surface area is 89.6 Å². The molecule has 0 aliphatic carbocycles. The van der Waals surface area contributed by atoms with Gasteiger partial charge in [0.2, 0.25) is 0 Å². The van der Waals surface area contributed by atoms with Crippen LogP contribution in [0.5, 0.6) is 11.5 Å². The van der Waals surface area contributed by atoms with Crippen LogP contribution in [0.2, 0.25) is 0 Å². The molecule has 4 nitrogen and oxygen atoms in total. The van der Waals surface area contributed by atoms with Crippen molar-refractivity contribution in [2.24, 2.45) is 5.73 Å². The largest absolute Gasteiger partial charge is 0.497 e. The summed E-state index contributed by atoms with van der Waals surface area (Å²) in [6.45, 7) is 2.32. The summed E-state index contributed by atoms with van der Waals surface area (Å²) < 4.78 is 10.5. The van der Waals surface area contributed by atoms with E-state index in [1.54, 1.807) is 20.1 Å². The first-order chi connectivity index (χ1) is 7.17. The van der Waals surface area contributed by atoms with Crippen molar-refractivity contribution in [2.75, 3.05) is 13.7 Å². The highest BCUT2D eigenvalue weighted by Gasteiger charge is 2.05. The molecule has 1 atom stereocenters. The van der Waals surface area contributed by atoms with Crippen molar-refractivity contribution in [1.29, 1.82) is 0 Å². The van der Waals surface area contributed by atoms with Crippen LogP contribution < -0.4 is 15.2 Å². The summed E-state index contributed by atoms with van der Waals surface area (Å²) in [5.41, 5.74) is 6.46. The van der Waals surface area contributed by atoms with E-state index >= 15 is 0 Å². The van der Waals surface area contributed by atoms with Crippen LogP contribution in [0.15, 0.2) is 18.2 Å². The van der Waals surface area contributed by atoms with Crippen LogP contribution >= 0.6 is 0 Å². The molecular formula is C11H17NO3. The molecule has 1 aromatic carbocycles. The van der Waals surface area contributed by atoms with Gasteiger partial charge >= 0.3 is 0 Å².